The van der Waals surface area contributed by atoms with Gasteiger partial charge in [-0.2, -0.15) is 0 Å². The largest absolute Gasteiger partial charge is 0.269 e. The molecule has 1 aliphatic rings. The van der Waals surface area contributed by atoms with Gasteiger partial charge < -0.3 is 0 Å². The Morgan fingerprint density at radius 2 is 1.52 bits per heavy atom. The number of imide groups is 1. The highest BCUT2D eigenvalue weighted by Crippen LogP contribution is 2.33. The fourth-order valence-corrected chi connectivity index (χ4v) is 2.88. The molecule has 0 saturated heterocycles. The van der Waals surface area contributed by atoms with Crippen molar-refractivity contribution in [3.8, 4) is 0 Å². The predicted molar refractivity (Wildman–Crippen MR) is 83.1 cm³/mol. The summed E-state index contributed by atoms with van der Waals surface area (Å²) >= 11 is 0. The van der Waals surface area contributed by atoms with Gasteiger partial charge in [0.25, 0.3) is 17.5 Å². The Bertz CT molecular complexity index is 763. The number of carbonyl (C=O) groups excluding carboxylic acids is 2. The lowest BCUT2D eigenvalue weighted by atomic mass is 10.0. The average molecular weight is 310 g/mol. The van der Waals surface area contributed by atoms with E-state index in [0.29, 0.717) is 23.1 Å². The van der Waals surface area contributed by atoms with Crippen molar-refractivity contribution in [2.45, 2.75) is 19.4 Å². The maximum atomic E-state index is 12.6. The third-order valence-electron chi connectivity index (χ3n) is 4.01. The highest BCUT2D eigenvalue weighted by atomic mass is 16.6. The minimum absolute atomic E-state index is 0.0223. The zero-order valence-electron chi connectivity index (χ0n) is 12.4. The first-order valence-electron chi connectivity index (χ1n) is 7.26. The van der Waals surface area contributed by atoms with Crippen LogP contribution in [0.1, 0.15) is 45.7 Å². The molecule has 0 N–H and O–H groups in total. The van der Waals surface area contributed by atoms with Crippen molar-refractivity contribution < 1.29 is 14.5 Å². The van der Waals surface area contributed by atoms with Gasteiger partial charge in [0.2, 0.25) is 0 Å². The minimum Gasteiger partial charge on any atom is -0.269 e. The van der Waals surface area contributed by atoms with Gasteiger partial charge in [0, 0.05) is 12.1 Å². The molecule has 3 rings (SSSR count). The number of fused-ring (bicyclic) bond motifs is 1. The zero-order chi connectivity index (χ0) is 16.6. The van der Waals surface area contributed by atoms with Gasteiger partial charge in [0.1, 0.15) is 0 Å². The fourth-order valence-electron chi connectivity index (χ4n) is 2.88. The number of hydrogen-bond acceptors (Lipinski definition) is 4. The van der Waals surface area contributed by atoms with Crippen LogP contribution in [0.25, 0.3) is 0 Å². The highest BCUT2D eigenvalue weighted by molar-refractivity contribution is 6.21. The lowest BCUT2D eigenvalue weighted by Gasteiger charge is -2.25. The van der Waals surface area contributed by atoms with Crippen molar-refractivity contribution in [1.82, 2.24) is 4.90 Å². The van der Waals surface area contributed by atoms with Crippen molar-refractivity contribution in [3.05, 3.63) is 75.3 Å². The Morgan fingerprint density at radius 3 is 1.96 bits per heavy atom. The molecule has 6 heteroatoms. The summed E-state index contributed by atoms with van der Waals surface area (Å²) in [4.78, 5) is 36.6. The highest BCUT2D eigenvalue weighted by Gasteiger charge is 2.39. The van der Waals surface area contributed by atoms with Gasteiger partial charge in [-0.3, -0.25) is 24.6 Å². The molecule has 0 saturated carbocycles. The first kappa shape index (κ1) is 14.9. The Labute approximate surface area is 132 Å². The third kappa shape index (κ3) is 2.38. The van der Waals surface area contributed by atoms with E-state index >= 15 is 0 Å². The second-order valence-corrected chi connectivity index (χ2v) is 5.30. The van der Waals surface area contributed by atoms with Crippen LogP contribution in [0.3, 0.4) is 0 Å². The summed E-state index contributed by atoms with van der Waals surface area (Å²) in [5, 5.41) is 10.7. The zero-order valence-corrected chi connectivity index (χ0v) is 12.4. The number of benzene rings is 2. The second kappa shape index (κ2) is 5.64. The van der Waals surface area contributed by atoms with E-state index in [1.807, 2.05) is 6.92 Å². The van der Waals surface area contributed by atoms with E-state index in [0.717, 1.165) is 0 Å². The summed E-state index contributed by atoms with van der Waals surface area (Å²) in [7, 11) is 0. The number of non-ortho nitro benzene ring substituents is 1. The molecule has 0 fully saturated rings. The molecule has 0 aromatic heterocycles. The first-order chi connectivity index (χ1) is 11.0. The standard InChI is InChI=1S/C17H14N2O4/c1-2-15(11-7-9-12(10-8-11)19(22)23)18-16(20)13-5-3-4-6-14(13)17(18)21/h3-10,15H,2H2,1H3/t15-/m1/s1. The molecule has 1 aliphatic heterocycles. The van der Waals surface area contributed by atoms with Crippen LogP contribution >= 0.6 is 0 Å². The summed E-state index contributed by atoms with van der Waals surface area (Å²) in [6.45, 7) is 1.87. The van der Waals surface area contributed by atoms with Gasteiger partial charge >= 0.3 is 0 Å². The normalized spacial score (nSPS) is 14.7. The molecule has 2 aromatic rings. The van der Waals surface area contributed by atoms with Crippen LogP contribution in [0.2, 0.25) is 0 Å². The van der Waals surface area contributed by atoms with Crippen LogP contribution in [0.5, 0.6) is 0 Å². The van der Waals surface area contributed by atoms with Gasteiger partial charge in [-0.05, 0) is 24.1 Å². The minimum atomic E-state index is -0.479. The smallest absolute Gasteiger partial charge is 0.269 e. The van der Waals surface area contributed by atoms with E-state index in [1.165, 1.54) is 17.0 Å². The molecule has 0 spiro atoms. The third-order valence-corrected chi connectivity index (χ3v) is 4.01. The van der Waals surface area contributed by atoms with Crippen LogP contribution in [-0.4, -0.2) is 21.6 Å². The Hall–Kier alpha value is -3.02. The molecule has 0 bridgehead atoms. The van der Waals surface area contributed by atoms with Crippen molar-refractivity contribution in [1.29, 1.82) is 0 Å². The maximum absolute atomic E-state index is 12.6. The molecule has 6 nitrogen and oxygen atoms in total. The van der Waals surface area contributed by atoms with Gasteiger partial charge in [0.15, 0.2) is 0 Å². The molecule has 2 amide bonds. The van der Waals surface area contributed by atoms with Crippen molar-refractivity contribution in [3.63, 3.8) is 0 Å². The number of nitrogens with zero attached hydrogens (tertiary/aromatic N) is 2. The number of rotatable bonds is 4. The number of nitro groups is 1. The number of nitro benzene ring substituents is 1. The van der Waals surface area contributed by atoms with E-state index in [9.17, 15) is 19.7 Å². The predicted octanol–water partition coefficient (Wildman–Crippen LogP) is 3.34. The van der Waals surface area contributed by atoms with Gasteiger partial charge in [-0.25, -0.2) is 0 Å². The average Bonchev–Trinajstić information content (AvgIpc) is 2.82. The van der Waals surface area contributed by atoms with Crippen LogP contribution < -0.4 is 0 Å². The van der Waals surface area contributed by atoms with Crippen LogP contribution in [0.4, 0.5) is 5.69 Å². The number of hydrogen-bond donors (Lipinski definition) is 0. The lowest BCUT2D eigenvalue weighted by Crippen LogP contribution is -2.33. The van der Waals surface area contributed by atoms with Crippen LogP contribution in [-0.2, 0) is 0 Å². The van der Waals surface area contributed by atoms with Crippen LogP contribution in [0.15, 0.2) is 48.5 Å². The first-order valence-corrected chi connectivity index (χ1v) is 7.26. The Kier molecular flexibility index (Phi) is 3.65. The summed E-state index contributed by atoms with van der Waals surface area (Å²) in [5.74, 6) is -0.647. The molecule has 23 heavy (non-hydrogen) atoms. The van der Waals surface area contributed by atoms with E-state index in [1.54, 1.807) is 36.4 Å². The van der Waals surface area contributed by atoms with Crippen LogP contribution in [0, 0.1) is 10.1 Å². The maximum Gasteiger partial charge on any atom is 0.269 e. The molecule has 1 atom stereocenters. The number of amides is 2. The molecular weight excluding hydrogens is 296 g/mol. The molecule has 1 heterocycles. The Balaban J connectivity index is 1.98. The van der Waals surface area contributed by atoms with Gasteiger partial charge in [0.05, 0.1) is 22.1 Å². The molecule has 116 valence electrons. The SMILES string of the molecule is CC[C@H](c1ccc([N+](=O)[O-])cc1)N1C(=O)c2ccccc2C1=O. The second-order valence-electron chi connectivity index (χ2n) is 5.30. The quantitative estimate of drug-likeness (QED) is 0.493. The fraction of sp³-hybridized carbons (Fsp3) is 0.176. The van der Waals surface area contributed by atoms with Crippen molar-refractivity contribution in [2.75, 3.05) is 0 Å². The topological polar surface area (TPSA) is 80.5 Å². The monoisotopic (exact) mass is 310 g/mol. The van der Waals surface area contributed by atoms with Crippen molar-refractivity contribution in [2.24, 2.45) is 0 Å². The molecule has 0 radical (unpaired) electrons. The number of carbonyl (C=O) groups is 2. The Morgan fingerprint density at radius 1 is 1.00 bits per heavy atom. The van der Waals surface area contributed by atoms with E-state index in [-0.39, 0.29) is 17.5 Å². The van der Waals surface area contributed by atoms with E-state index in [2.05, 4.69) is 0 Å². The summed E-state index contributed by atoms with van der Waals surface area (Å²) in [5.41, 5.74) is 1.48. The van der Waals surface area contributed by atoms with E-state index < -0.39 is 11.0 Å². The molecule has 0 aliphatic carbocycles. The van der Waals surface area contributed by atoms with Gasteiger partial charge in [-0.1, -0.05) is 31.2 Å². The summed E-state index contributed by atoms with van der Waals surface area (Å²) in [6, 6.07) is 12.2. The molecular formula is C17H14N2O4. The summed E-state index contributed by atoms with van der Waals surface area (Å²) in [6.07, 6.45) is 0.531. The summed E-state index contributed by atoms with van der Waals surface area (Å²) < 4.78 is 0. The van der Waals surface area contributed by atoms with Gasteiger partial charge in [-0.15, -0.1) is 0 Å². The molecule has 0 unspecified atom stereocenters. The van der Waals surface area contributed by atoms with E-state index in [4.69, 9.17) is 0 Å². The lowest BCUT2D eigenvalue weighted by molar-refractivity contribution is -0.384. The molecule has 2 aromatic carbocycles. The van der Waals surface area contributed by atoms with Crippen molar-refractivity contribution >= 4 is 17.5 Å².